The highest BCUT2D eigenvalue weighted by Crippen LogP contribution is 2.22. The van der Waals surface area contributed by atoms with Gasteiger partial charge in [0, 0.05) is 5.56 Å². The first kappa shape index (κ1) is 7.31. The van der Waals surface area contributed by atoms with E-state index in [4.69, 9.17) is 4.42 Å². The Morgan fingerprint density at radius 2 is 2.33 bits per heavy atom. The summed E-state index contributed by atoms with van der Waals surface area (Å²) in [4.78, 5) is 4.01. The topological polar surface area (TPSA) is 46.3 Å². The minimum Gasteiger partial charge on any atom is -0.443 e. The summed E-state index contributed by atoms with van der Waals surface area (Å²) in [5.41, 5.74) is 2.27. The van der Waals surface area contributed by atoms with Crippen LogP contribution in [0.25, 0.3) is 11.1 Å². The van der Waals surface area contributed by atoms with Crippen LogP contribution < -0.4 is 0 Å². The lowest BCUT2D eigenvalue weighted by Crippen LogP contribution is -1.91. The zero-order valence-corrected chi connectivity index (χ0v) is 6.69. The number of fused-ring (bicyclic) bond motifs is 1. The molecule has 0 saturated carbocycles. The molecule has 0 spiro atoms. The third-order valence-electron chi connectivity index (χ3n) is 1.84. The van der Waals surface area contributed by atoms with E-state index in [0.717, 1.165) is 11.1 Å². The molecule has 1 aromatic heterocycles. The lowest BCUT2D eigenvalue weighted by atomic mass is 10.1. The van der Waals surface area contributed by atoms with E-state index < -0.39 is 6.10 Å². The van der Waals surface area contributed by atoms with Gasteiger partial charge in [0.05, 0.1) is 6.10 Å². The number of hydrogen-bond acceptors (Lipinski definition) is 3. The van der Waals surface area contributed by atoms with E-state index >= 15 is 0 Å². The number of aliphatic hydroxyl groups is 1. The van der Waals surface area contributed by atoms with Crippen molar-refractivity contribution in [3.8, 4) is 0 Å². The van der Waals surface area contributed by atoms with E-state index in [9.17, 15) is 5.11 Å². The van der Waals surface area contributed by atoms with Crippen molar-refractivity contribution in [2.45, 2.75) is 13.0 Å². The summed E-state index contributed by atoms with van der Waals surface area (Å²) in [6.45, 7) is 1.71. The molecule has 2 rings (SSSR count). The van der Waals surface area contributed by atoms with Crippen LogP contribution in [0, 0.1) is 0 Å². The van der Waals surface area contributed by atoms with Crippen molar-refractivity contribution < 1.29 is 9.52 Å². The van der Waals surface area contributed by atoms with Gasteiger partial charge in [-0.05, 0) is 13.0 Å². The first-order valence-electron chi connectivity index (χ1n) is 3.79. The highest BCUT2D eigenvalue weighted by Gasteiger charge is 2.08. The maximum atomic E-state index is 9.36. The van der Waals surface area contributed by atoms with E-state index in [1.165, 1.54) is 6.39 Å². The van der Waals surface area contributed by atoms with Gasteiger partial charge in [0.2, 0.25) is 0 Å². The van der Waals surface area contributed by atoms with Gasteiger partial charge in [-0.1, -0.05) is 12.1 Å². The summed E-state index contributed by atoms with van der Waals surface area (Å²) in [5.74, 6) is 0. The largest absolute Gasteiger partial charge is 0.443 e. The molecule has 0 amide bonds. The van der Waals surface area contributed by atoms with Crippen LogP contribution in [0.2, 0.25) is 0 Å². The Bertz CT molecular complexity index is 392. The molecule has 0 fully saturated rings. The summed E-state index contributed by atoms with van der Waals surface area (Å²) in [6, 6.07) is 5.51. The zero-order chi connectivity index (χ0) is 8.55. The van der Waals surface area contributed by atoms with Crippen LogP contribution in [0.3, 0.4) is 0 Å². The van der Waals surface area contributed by atoms with E-state index in [1.54, 1.807) is 6.92 Å². The van der Waals surface area contributed by atoms with Crippen LogP contribution in [-0.2, 0) is 0 Å². The van der Waals surface area contributed by atoms with Gasteiger partial charge in [-0.2, -0.15) is 0 Å². The Kier molecular flexibility index (Phi) is 1.59. The number of aromatic nitrogens is 1. The molecule has 3 heteroatoms. The molecule has 0 radical (unpaired) electrons. The molecule has 2 aromatic rings. The van der Waals surface area contributed by atoms with Crippen LogP contribution in [0.5, 0.6) is 0 Å². The van der Waals surface area contributed by atoms with Crippen molar-refractivity contribution >= 4 is 11.1 Å². The summed E-state index contributed by atoms with van der Waals surface area (Å²) < 4.78 is 5.09. The van der Waals surface area contributed by atoms with Crippen molar-refractivity contribution in [3.05, 3.63) is 30.2 Å². The number of benzene rings is 1. The van der Waals surface area contributed by atoms with Crippen molar-refractivity contribution in [1.29, 1.82) is 0 Å². The van der Waals surface area contributed by atoms with Crippen LogP contribution in [0.4, 0.5) is 0 Å². The Labute approximate surface area is 69.7 Å². The third kappa shape index (κ3) is 0.987. The first-order valence-corrected chi connectivity index (χ1v) is 3.79. The highest BCUT2D eigenvalue weighted by molar-refractivity contribution is 5.76. The Balaban J connectivity index is 2.73. The maximum absolute atomic E-state index is 9.36. The predicted octanol–water partition coefficient (Wildman–Crippen LogP) is 1.88. The Hall–Kier alpha value is -1.35. The summed E-state index contributed by atoms with van der Waals surface area (Å²) in [5, 5.41) is 9.36. The molecule has 1 unspecified atom stereocenters. The van der Waals surface area contributed by atoms with Crippen molar-refractivity contribution in [3.63, 3.8) is 0 Å². The Morgan fingerprint density at radius 1 is 1.50 bits per heavy atom. The minimum atomic E-state index is -0.501. The monoisotopic (exact) mass is 163 g/mol. The molecule has 62 valence electrons. The fourth-order valence-electron chi connectivity index (χ4n) is 1.25. The second-order valence-corrected chi connectivity index (χ2v) is 2.72. The lowest BCUT2D eigenvalue weighted by molar-refractivity contribution is 0.200. The van der Waals surface area contributed by atoms with E-state index in [0.29, 0.717) is 5.58 Å². The average Bonchev–Trinajstić information content (AvgIpc) is 2.49. The molecule has 1 N–H and O–H groups in total. The molecule has 0 aliphatic heterocycles. The fraction of sp³-hybridized carbons (Fsp3) is 0.222. The van der Waals surface area contributed by atoms with Crippen LogP contribution >= 0.6 is 0 Å². The van der Waals surface area contributed by atoms with Gasteiger partial charge in [-0.3, -0.25) is 0 Å². The van der Waals surface area contributed by atoms with E-state index in [1.807, 2.05) is 18.2 Å². The molecule has 0 aliphatic rings. The van der Waals surface area contributed by atoms with Crippen LogP contribution in [0.15, 0.2) is 29.0 Å². The molecule has 0 saturated heterocycles. The summed E-state index contributed by atoms with van der Waals surface area (Å²) >= 11 is 0. The number of para-hydroxylation sites is 1. The van der Waals surface area contributed by atoms with Gasteiger partial charge in [0.15, 0.2) is 12.0 Å². The molecule has 3 nitrogen and oxygen atoms in total. The van der Waals surface area contributed by atoms with Gasteiger partial charge in [0.1, 0.15) is 5.52 Å². The highest BCUT2D eigenvalue weighted by atomic mass is 16.3. The zero-order valence-electron chi connectivity index (χ0n) is 6.69. The smallest absolute Gasteiger partial charge is 0.181 e. The maximum Gasteiger partial charge on any atom is 0.181 e. The summed E-state index contributed by atoms with van der Waals surface area (Å²) in [6.07, 6.45) is 0.884. The SMILES string of the molecule is CC(O)c1cccc2ocnc12. The van der Waals surface area contributed by atoms with Gasteiger partial charge >= 0.3 is 0 Å². The van der Waals surface area contributed by atoms with Gasteiger partial charge in [-0.15, -0.1) is 0 Å². The van der Waals surface area contributed by atoms with Crippen molar-refractivity contribution in [1.82, 2.24) is 4.98 Å². The molecular formula is C9H9NO2. The number of hydrogen-bond donors (Lipinski definition) is 1. The average molecular weight is 163 g/mol. The number of nitrogens with zero attached hydrogens (tertiary/aromatic N) is 1. The molecule has 0 bridgehead atoms. The normalized spacial score (nSPS) is 13.5. The lowest BCUT2D eigenvalue weighted by Gasteiger charge is -2.02. The van der Waals surface area contributed by atoms with Gasteiger partial charge < -0.3 is 9.52 Å². The van der Waals surface area contributed by atoms with Crippen molar-refractivity contribution in [2.75, 3.05) is 0 Å². The summed E-state index contributed by atoms with van der Waals surface area (Å²) in [7, 11) is 0. The fourth-order valence-corrected chi connectivity index (χ4v) is 1.25. The molecule has 0 aliphatic carbocycles. The second kappa shape index (κ2) is 2.60. The third-order valence-corrected chi connectivity index (χ3v) is 1.84. The Morgan fingerprint density at radius 3 is 3.08 bits per heavy atom. The molecule has 1 aromatic carbocycles. The van der Waals surface area contributed by atoms with Crippen LogP contribution in [0.1, 0.15) is 18.6 Å². The van der Waals surface area contributed by atoms with Gasteiger partial charge in [0.25, 0.3) is 0 Å². The van der Waals surface area contributed by atoms with Gasteiger partial charge in [-0.25, -0.2) is 4.98 Å². The second-order valence-electron chi connectivity index (χ2n) is 2.72. The van der Waals surface area contributed by atoms with E-state index in [2.05, 4.69) is 4.98 Å². The standard InChI is InChI=1S/C9H9NO2/c1-6(11)7-3-2-4-8-9(7)10-5-12-8/h2-6,11H,1H3. The number of rotatable bonds is 1. The minimum absolute atomic E-state index is 0.501. The molecule has 1 atom stereocenters. The predicted molar refractivity (Wildman–Crippen MR) is 44.6 cm³/mol. The number of aliphatic hydroxyl groups excluding tert-OH is 1. The van der Waals surface area contributed by atoms with Crippen molar-refractivity contribution in [2.24, 2.45) is 0 Å². The van der Waals surface area contributed by atoms with Crippen LogP contribution in [-0.4, -0.2) is 10.1 Å². The molecule has 1 heterocycles. The van der Waals surface area contributed by atoms with E-state index in [-0.39, 0.29) is 0 Å². The molecular weight excluding hydrogens is 154 g/mol. The number of oxazole rings is 1. The quantitative estimate of drug-likeness (QED) is 0.698. The first-order chi connectivity index (χ1) is 5.79. The molecule has 12 heavy (non-hydrogen) atoms.